The number of carbonyl (C=O) groups is 1. The first kappa shape index (κ1) is 14.3. The fourth-order valence-corrected chi connectivity index (χ4v) is 2.33. The van der Waals surface area contributed by atoms with Gasteiger partial charge in [0.15, 0.2) is 5.76 Å². The lowest BCUT2D eigenvalue weighted by Crippen LogP contribution is -2.00. The van der Waals surface area contributed by atoms with Crippen LogP contribution in [0.25, 0.3) is 6.08 Å². The van der Waals surface area contributed by atoms with Gasteiger partial charge < -0.3 is 18.6 Å². The minimum atomic E-state index is -0.235. The molecule has 22 heavy (non-hydrogen) atoms. The Hall–Kier alpha value is -2.69. The number of ketones is 1. The van der Waals surface area contributed by atoms with Gasteiger partial charge in [-0.2, -0.15) is 0 Å². The van der Waals surface area contributed by atoms with Crippen molar-refractivity contribution in [1.82, 2.24) is 0 Å². The number of hydrogen-bond donors (Lipinski definition) is 0. The van der Waals surface area contributed by atoms with Crippen LogP contribution in [0.4, 0.5) is 0 Å². The SMILES string of the molecule is COc1cc(OC)c2c(c1)OC(=Cc1cc(C)c(C)o1)C2=O. The first-order valence-electron chi connectivity index (χ1n) is 6.80. The average molecular weight is 300 g/mol. The van der Waals surface area contributed by atoms with Crippen LogP contribution in [0.15, 0.2) is 28.4 Å². The van der Waals surface area contributed by atoms with Gasteiger partial charge >= 0.3 is 0 Å². The maximum atomic E-state index is 12.5. The standard InChI is InChI=1S/C17H16O5/c1-9-5-12(21-10(9)2)8-15-17(18)16-13(20-4)6-11(19-3)7-14(16)22-15/h5-8H,1-4H3. The summed E-state index contributed by atoms with van der Waals surface area (Å²) in [6.45, 7) is 3.82. The van der Waals surface area contributed by atoms with Gasteiger partial charge in [-0.3, -0.25) is 4.79 Å². The summed E-state index contributed by atoms with van der Waals surface area (Å²) in [4.78, 5) is 12.5. The predicted octanol–water partition coefficient (Wildman–Crippen LogP) is 3.53. The van der Waals surface area contributed by atoms with Crippen molar-refractivity contribution in [2.75, 3.05) is 14.2 Å². The lowest BCUT2D eigenvalue weighted by molar-refractivity contribution is 0.101. The number of methoxy groups -OCH3 is 2. The van der Waals surface area contributed by atoms with Crippen LogP contribution < -0.4 is 14.2 Å². The minimum Gasteiger partial charge on any atom is -0.496 e. The molecule has 0 spiro atoms. The molecule has 1 aliphatic rings. The van der Waals surface area contributed by atoms with Gasteiger partial charge in [-0.1, -0.05) is 0 Å². The summed E-state index contributed by atoms with van der Waals surface area (Å²) < 4.78 is 21.6. The number of hydrogen-bond acceptors (Lipinski definition) is 5. The zero-order valence-corrected chi connectivity index (χ0v) is 12.9. The third kappa shape index (κ3) is 2.24. The molecule has 3 rings (SSSR count). The van der Waals surface area contributed by atoms with Crippen molar-refractivity contribution in [3.05, 3.63) is 46.6 Å². The van der Waals surface area contributed by atoms with Crippen molar-refractivity contribution < 1.29 is 23.4 Å². The monoisotopic (exact) mass is 300 g/mol. The lowest BCUT2D eigenvalue weighted by Gasteiger charge is -2.07. The summed E-state index contributed by atoms with van der Waals surface area (Å²) in [5, 5.41) is 0. The van der Waals surface area contributed by atoms with Crippen LogP contribution in [0.2, 0.25) is 0 Å². The number of ether oxygens (including phenoxy) is 3. The predicted molar refractivity (Wildman–Crippen MR) is 80.7 cm³/mol. The Morgan fingerprint density at radius 1 is 1.09 bits per heavy atom. The highest BCUT2D eigenvalue weighted by Crippen LogP contribution is 2.41. The van der Waals surface area contributed by atoms with E-state index in [1.807, 2.05) is 19.9 Å². The van der Waals surface area contributed by atoms with Crippen molar-refractivity contribution in [1.29, 1.82) is 0 Å². The van der Waals surface area contributed by atoms with Crippen molar-refractivity contribution in [3.8, 4) is 17.2 Å². The molecule has 0 bridgehead atoms. The van der Waals surface area contributed by atoms with E-state index >= 15 is 0 Å². The highest BCUT2D eigenvalue weighted by molar-refractivity contribution is 6.16. The van der Waals surface area contributed by atoms with E-state index < -0.39 is 0 Å². The maximum Gasteiger partial charge on any atom is 0.235 e. The third-order valence-electron chi connectivity index (χ3n) is 3.62. The molecule has 0 atom stereocenters. The molecule has 0 unspecified atom stereocenters. The second-order valence-electron chi connectivity index (χ2n) is 5.03. The fourth-order valence-electron chi connectivity index (χ4n) is 2.33. The first-order valence-corrected chi connectivity index (χ1v) is 6.80. The number of furan rings is 1. The van der Waals surface area contributed by atoms with Gasteiger partial charge in [0, 0.05) is 18.2 Å². The van der Waals surface area contributed by atoms with Gasteiger partial charge in [-0.05, 0) is 25.5 Å². The van der Waals surface area contributed by atoms with E-state index in [-0.39, 0.29) is 11.5 Å². The van der Waals surface area contributed by atoms with E-state index in [9.17, 15) is 4.79 Å². The summed E-state index contributed by atoms with van der Waals surface area (Å²) in [6, 6.07) is 5.18. The zero-order valence-electron chi connectivity index (χ0n) is 12.9. The van der Waals surface area contributed by atoms with E-state index in [0.717, 1.165) is 11.3 Å². The Bertz CT molecular complexity index is 763. The third-order valence-corrected chi connectivity index (χ3v) is 3.62. The van der Waals surface area contributed by atoms with Crippen LogP contribution in [-0.4, -0.2) is 20.0 Å². The molecule has 5 heteroatoms. The van der Waals surface area contributed by atoms with Crippen LogP contribution in [0.5, 0.6) is 17.2 Å². The van der Waals surface area contributed by atoms with Gasteiger partial charge in [-0.25, -0.2) is 0 Å². The molecule has 0 fully saturated rings. The van der Waals surface area contributed by atoms with Crippen molar-refractivity contribution in [2.24, 2.45) is 0 Å². The molecule has 0 amide bonds. The molecule has 0 saturated carbocycles. The van der Waals surface area contributed by atoms with Crippen LogP contribution in [0.3, 0.4) is 0 Å². The molecular weight excluding hydrogens is 284 g/mol. The van der Waals surface area contributed by atoms with Crippen molar-refractivity contribution >= 4 is 11.9 Å². The second-order valence-corrected chi connectivity index (χ2v) is 5.03. The fraction of sp³-hybridized carbons (Fsp3) is 0.235. The number of benzene rings is 1. The summed E-state index contributed by atoms with van der Waals surface area (Å²) in [5.74, 6) is 2.78. The maximum absolute atomic E-state index is 12.5. The Kier molecular flexibility index (Phi) is 3.41. The molecule has 2 heterocycles. The molecule has 0 radical (unpaired) electrons. The Balaban J connectivity index is 2.03. The average Bonchev–Trinajstić information content (AvgIpc) is 2.98. The van der Waals surface area contributed by atoms with Crippen LogP contribution >= 0.6 is 0 Å². The molecule has 0 saturated heterocycles. The molecule has 1 aromatic carbocycles. The Labute approximate surface area is 128 Å². The molecule has 0 N–H and O–H groups in total. The van der Waals surface area contributed by atoms with E-state index in [1.165, 1.54) is 7.11 Å². The van der Waals surface area contributed by atoms with Crippen LogP contribution in [0.1, 0.15) is 27.4 Å². The van der Waals surface area contributed by atoms with Crippen LogP contribution in [0, 0.1) is 13.8 Å². The van der Waals surface area contributed by atoms with E-state index in [4.69, 9.17) is 18.6 Å². The van der Waals surface area contributed by atoms with Crippen LogP contribution in [-0.2, 0) is 0 Å². The number of fused-ring (bicyclic) bond motifs is 1. The summed E-state index contributed by atoms with van der Waals surface area (Å²) in [6.07, 6.45) is 1.59. The molecule has 0 aliphatic carbocycles. The van der Waals surface area contributed by atoms with E-state index in [2.05, 4.69) is 0 Å². The molecular formula is C17H16O5. The largest absolute Gasteiger partial charge is 0.496 e. The van der Waals surface area contributed by atoms with Gasteiger partial charge in [0.1, 0.15) is 34.3 Å². The minimum absolute atomic E-state index is 0.204. The van der Waals surface area contributed by atoms with Crippen molar-refractivity contribution in [3.63, 3.8) is 0 Å². The van der Waals surface area contributed by atoms with E-state index in [1.54, 1.807) is 25.3 Å². The number of aryl methyl sites for hydroxylation is 2. The van der Waals surface area contributed by atoms with Gasteiger partial charge in [0.2, 0.25) is 5.78 Å². The summed E-state index contributed by atoms with van der Waals surface area (Å²) in [5.41, 5.74) is 1.42. The van der Waals surface area contributed by atoms with Gasteiger partial charge in [-0.15, -0.1) is 0 Å². The van der Waals surface area contributed by atoms with Gasteiger partial charge in [0.25, 0.3) is 0 Å². The second kappa shape index (κ2) is 5.26. The highest BCUT2D eigenvalue weighted by Gasteiger charge is 2.32. The molecule has 2 aromatic rings. The quantitative estimate of drug-likeness (QED) is 0.812. The Morgan fingerprint density at radius 2 is 1.86 bits per heavy atom. The number of Topliss-reactive ketones (excluding diaryl/α,β-unsaturated/α-hetero) is 1. The van der Waals surface area contributed by atoms with Crippen molar-refractivity contribution in [2.45, 2.75) is 13.8 Å². The number of rotatable bonds is 3. The molecule has 1 aromatic heterocycles. The summed E-state index contributed by atoms with van der Waals surface area (Å²) >= 11 is 0. The topological polar surface area (TPSA) is 57.9 Å². The Morgan fingerprint density at radius 3 is 2.45 bits per heavy atom. The number of allylic oxidation sites excluding steroid dienone is 1. The number of carbonyl (C=O) groups excluding carboxylic acids is 1. The normalized spacial score (nSPS) is 14.9. The first-order chi connectivity index (χ1) is 10.5. The van der Waals surface area contributed by atoms with Gasteiger partial charge in [0.05, 0.1) is 14.2 Å². The smallest absolute Gasteiger partial charge is 0.235 e. The zero-order chi connectivity index (χ0) is 15.9. The molecule has 114 valence electrons. The summed E-state index contributed by atoms with van der Waals surface area (Å²) in [7, 11) is 3.05. The highest BCUT2D eigenvalue weighted by atomic mass is 16.5. The molecule has 5 nitrogen and oxygen atoms in total. The lowest BCUT2D eigenvalue weighted by atomic mass is 10.1. The van der Waals surface area contributed by atoms with E-state index in [0.29, 0.717) is 28.6 Å². The molecule has 1 aliphatic heterocycles.